The van der Waals surface area contributed by atoms with Crippen molar-refractivity contribution < 1.29 is 28.7 Å². The number of benzene rings is 4. The van der Waals surface area contributed by atoms with Crippen molar-refractivity contribution in [2.45, 2.75) is 77.4 Å². The Labute approximate surface area is 359 Å². The van der Waals surface area contributed by atoms with Crippen LogP contribution in [0.1, 0.15) is 73.9 Å². The van der Waals surface area contributed by atoms with Gasteiger partial charge < -0.3 is 18.9 Å². The molecule has 0 aliphatic carbocycles. The zero-order valence-corrected chi connectivity index (χ0v) is 36.4. The molecule has 58 heavy (non-hydrogen) atoms. The Balaban J connectivity index is 1.03. The van der Waals surface area contributed by atoms with Gasteiger partial charge in [0, 0.05) is 57.3 Å². The molecule has 4 aromatic carbocycles. The molecule has 306 valence electrons. The van der Waals surface area contributed by atoms with Gasteiger partial charge in [0.1, 0.15) is 36.2 Å². The Hall–Kier alpha value is -4.22. The van der Waals surface area contributed by atoms with Crippen LogP contribution in [0.2, 0.25) is 0 Å². The number of pyridine rings is 2. The van der Waals surface area contributed by atoms with Crippen LogP contribution in [0.15, 0.2) is 109 Å². The van der Waals surface area contributed by atoms with Crippen LogP contribution in [0.25, 0.3) is 21.5 Å². The maximum Gasteiger partial charge on any atom is 0.123 e. The first-order valence-electron chi connectivity index (χ1n) is 20.5. The summed E-state index contributed by atoms with van der Waals surface area (Å²) in [5.74, 6) is 3.01. The van der Waals surface area contributed by atoms with Crippen molar-refractivity contribution in [1.29, 1.82) is 0 Å². The number of aryl methyl sites for hydroxylation is 2. The van der Waals surface area contributed by atoms with Gasteiger partial charge in [-0.1, -0.05) is 80.4 Å². The largest absolute Gasteiger partial charge is 0.493 e. The Kier molecular flexibility index (Phi) is 18.4. The molecule has 0 unspecified atom stereocenters. The van der Waals surface area contributed by atoms with Gasteiger partial charge in [0.15, 0.2) is 0 Å². The average Bonchev–Trinajstić information content (AvgIpc) is 3.25. The maximum atomic E-state index is 6.30. The van der Waals surface area contributed by atoms with E-state index in [4.69, 9.17) is 28.7 Å². The van der Waals surface area contributed by atoms with Crippen molar-refractivity contribution in [2.24, 2.45) is 0 Å². The summed E-state index contributed by atoms with van der Waals surface area (Å²) in [7, 11) is 0. The number of alkyl halides is 2. The molecule has 0 aliphatic rings. The highest BCUT2D eigenvalue weighted by molar-refractivity contribution is 9.09. The minimum Gasteiger partial charge on any atom is -0.493 e. The minimum atomic E-state index is 0.228. The van der Waals surface area contributed by atoms with Gasteiger partial charge in [-0.2, -0.15) is 0 Å². The SMILES string of the molecule is BrCCCCOc1cc(COOCc2cc(OCCCCc3nccc4ccccc34)cc(OCCCCc3nccc4ccccc34)c2)cc(OCCCCBr)c1. The Morgan fingerprint density at radius 1 is 0.414 bits per heavy atom. The summed E-state index contributed by atoms with van der Waals surface area (Å²) in [6.07, 6.45) is 13.4. The van der Waals surface area contributed by atoms with Gasteiger partial charge in [-0.15, -0.1) is 0 Å². The summed E-state index contributed by atoms with van der Waals surface area (Å²) < 4.78 is 24.7. The topological polar surface area (TPSA) is 81.2 Å². The second-order valence-electron chi connectivity index (χ2n) is 14.2. The van der Waals surface area contributed by atoms with Crippen LogP contribution in [0.3, 0.4) is 0 Å². The zero-order chi connectivity index (χ0) is 40.0. The Bertz CT molecular complexity index is 1980. The second-order valence-corrected chi connectivity index (χ2v) is 15.8. The average molecular weight is 915 g/mol. The van der Waals surface area contributed by atoms with Gasteiger partial charge in [-0.3, -0.25) is 9.97 Å². The number of hydrogen-bond donors (Lipinski definition) is 0. The molecular formula is C48H54Br2N2O6. The number of unbranched alkanes of at least 4 members (excludes halogenated alkanes) is 4. The van der Waals surface area contributed by atoms with Crippen molar-refractivity contribution in [3.8, 4) is 23.0 Å². The highest BCUT2D eigenvalue weighted by Crippen LogP contribution is 2.27. The number of nitrogens with zero attached hydrogens (tertiary/aromatic N) is 2. The van der Waals surface area contributed by atoms with Crippen LogP contribution >= 0.6 is 31.9 Å². The molecule has 0 fully saturated rings. The molecule has 6 rings (SSSR count). The van der Waals surface area contributed by atoms with Crippen molar-refractivity contribution in [3.05, 3.63) is 132 Å². The van der Waals surface area contributed by atoms with E-state index in [9.17, 15) is 0 Å². The summed E-state index contributed by atoms with van der Waals surface area (Å²) in [6, 6.07) is 32.8. The van der Waals surface area contributed by atoms with E-state index in [1.165, 1.54) is 21.5 Å². The summed E-state index contributed by atoms with van der Waals surface area (Å²) in [4.78, 5) is 20.8. The first kappa shape index (κ1) is 43.4. The molecule has 0 aliphatic heterocycles. The molecule has 0 N–H and O–H groups in total. The number of rotatable bonds is 27. The number of halogens is 2. The summed E-state index contributed by atoms with van der Waals surface area (Å²) in [5, 5.41) is 6.79. The van der Waals surface area contributed by atoms with E-state index in [-0.39, 0.29) is 13.2 Å². The number of aromatic nitrogens is 2. The predicted molar refractivity (Wildman–Crippen MR) is 240 cm³/mol. The molecule has 8 nitrogen and oxygen atoms in total. The lowest BCUT2D eigenvalue weighted by molar-refractivity contribution is -0.313. The van der Waals surface area contributed by atoms with Crippen LogP contribution in [0.4, 0.5) is 0 Å². The first-order valence-corrected chi connectivity index (χ1v) is 22.7. The lowest BCUT2D eigenvalue weighted by atomic mass is 10.1. The lowest BCUT2D eigenvalue weighted by Crippen LogP contribution is -2.04. The molecule has 6 aromatic rings. The van der Waals surface area contributed by atoms with E-state index < -0.39 is 0 Å². The molecule has 0 amide bonds. The fourth-order valence-corrected chi connectivity index (χ4v) is 7.48. The Morgan fingerprint density at radius 2 is 0.793 bits per heavy atom. The molecule has 0 atom stereocenters. The minimum absolute atomic E-state index is 0.228. The van der Waals surface area contributed by atoms with Gasteiger partial charge in [0.2, 0.25) is 0 Å². The molecule has 0 spiro atoms. The van der Waals surface area contributed by atoms with E-state index in [1.54, 1.807) is 0 Å². The molecule has 0 radical (unpaired) electrons. The smallest absolute Gasteiger partial charge is 0.123 e. The van der Waals surface area contributed by atoms with E-state index in [2.05, 4.69) is 102 Å². The third-order valence-electron chi connectivity index (χ3n) is 9.67. The van der Waals surface area contributed by atoms with Gasteiger partial charge in [0.05, 0.1) is 26.4 Å². The van der Waals surface area contributed by atoms with Crippen molar-refractivity contribution in [3.63, 3.8) is 0 Å². The van der Waals surface area contributed by atoms with Gasteiger partial charge >= 0.3 is 0 Å². The molecule has 0 saturated carbocycles. The van der Waals surface area contributed by atoms with Crippen molar-refractivity contribution >= 4 is 53.4 Å². The van der Waals surface area contributed by atoms with E-state index in [1.807, 2.05) is 48.8 Å². The summed E-state index contributed by atoms with van der Waals surface area (Å²) >= 11 is 6.99. The van der Waals surface area contributed by atoms with Crippen LogP contribution in [-0.4, -0.2) is 47.1 Å². The third kappa shape index (κ3) is 14.3. The standard InChI is InChI=1S/C48H54Br2N2O6/c49-21-7-11-27-55-43-31-38(32-44(34-43)56-28-12-8-22-50)36-58-57-35-37-29-41(53-25-9-5-17-47-45-15-3-1-13-39(45)19-23-51-47)33-42(30-37)54-26-10-6-18-48-46-16-4-2-14-40(46)20-24-52-48/h1-4,13-16,19-20,23-24,29-34H,5-12,17-18,21-22,25-28,35-36H2. The highest BCUT2D eigenvalue weighted by Gasteiger charge is 2.09. The van der Waals surface area contributed by atoms with E-state index in [0.29, 0.717) is 26.4 Å². The number of fused-ring (bicyclic) bond motifs is 2. The molecule has 10 heteroatoms. The molecule has 0 saturated heterocycles. The van der Waals surface area contributed by atoms with Crippen molar-refractivity contribution in [1.82, 2.24) is 9.97 Å². The van der Waals surface area contributed by atoms with Crippen LogP contribution in [0.5, 0.6) is 23.0 Å². The highest BCUT2D eigenvalue weighted by atomic mass is 79.9. The quantitative estimate of drug-likeness (QED) is 0.0219. The van der Waals surface area contributed by atoms with Crippen LogP contribution in [-0.2, 0) is 35.8 Å². The molecule has 2 heterocycles. The van der Waals surface area contributed by atoms with E-state index in [0.717, 1.165) is 120 Å². The Morgan fingerprint density at radius 3 is 1.19 bits per heavy atom. The monoisotopic (exact) mass is 912 g/mol. The van der Waals surface area contributed by atoms with Crippen LogP contribution < -0.4 is 18.9 Å². The maximum absolute atomic E-state index is 6.30. The fraction of sp³-hybridized carbons (Fsp3) is 0.375. The molecular weight excluding hydrogens is 860 g/mol. The first-order chi connectivity index (χ1) is 28.7. The lowest BCUT2D eigenvalue weighted by Gasteiger charge is -2.14. The number of ether oxygens (including phenoxy) is 4. The van der Waals surface area contributed by atoms with Crippen molar-refractivity contribution in [2.75, 3.05) is 37.1 Å². The molecule has 0 bridgehead atoms. The van der Waals surface area contributed by atoms with Crippen LogP contribution in [0, 0.1) is 0 Å². The van der Waals surface area contributed by atoms with Gasteiger partial charge in [-0.25, -0.2) is 9.78 Å². The van der Waals surface area contributed by atoms with Gasteiger partial charge in [0.25, 0.3) is 0 Å². The van der Waals surface area contributed by atoms with E-state index >= 15 is 0 Å². The fourth-order valence-electron chi connectivity index (χ4n) is 6.69. The normalized spacial score (nSPS) is 11.3. The second kappa shape index (κ2) is 24.6. The predicted octanol–water partition coefficient (Wildman–Crippen LogP) is 12.3. The summed E-state index contributed by atoms with van der Waals surface area (Å²) in [6.45, 7) is 2.91. The molecule has 2 aromatic heterocycles. The third-order valence-corrected chi connectivity index (χ3v) is 10.8. The zero-order valence-electron chi connectivity index (χ0n) is 33.2. The number of hydrogen-bond acceptors (Lipinski definition) is 8. The summed E-state index contributed by atoms with van der Waals surface area (Å²) in [5.41, 5.74) is 4.06. The van der Waals surface area contributed by atoms with Gasteiger partial charge in [-0.05, 0) is 123 Å².